The molecule has 0 fully saturated rings. The molecule has 1 nitrogen and oxygen atoms in total. The summed E-state index contributed by atoms with van der Waals surface area (Å²) in [6.45, 7) is 0. The Morgan fingerprint density at radius 1 is 0.944 bits per heavy atom. The normalized spacial score (nSPS) is 13.9. The SMILES string of the molecule is Cl.N[C@@H](CC(F)(F)F)c1ccc(C(F)(F)F)cc1. The quantitative estimate of drug-likeness (QED) is 0.817. The molecule has 104 valence electrons. The highest BCUT2D eigenvalue weighted by atomic mass is 35.5. The first kappa shape index (κ1) is 17.1. The van der Waals surface area contributed by atoms with Crippen LogP contribution in [0.3, 0.4) is 0 Å². The molecule has 0 aliphatic carbocycles. The summed E-state index contributed by atoms with van der Waals surface area (Å²) in [4.78, 5) is 0. The summed E-state index contributed by atoms with van der Waals surface area (Å²) in [5.74, 6) is 0. The number of hydrogen-bond acceptors (Lipinski definition) is 1. The van der Waals surface area contributed by atoms with E-state index in [1.165, 1.54) is 0 Å². The summed E-state index contributed by atoms with van der Waals surface area (Å²) in [6, 6.07) is 1.99. The largest absolute Gasteiger partial charge is 0.416 e. The van der Waals surface area contributed by atoms with Crippen LogP contribution in [0.25, 0.3) is 0 Å². The zero-order valence-electron chi connectivity index (χ0n) is 8.85. The molecule has 0 saturated carbocycles. The molecular weight excluding hydrogens is 284 g/mol. The van der Waals surface area contributed by atoms with Crippen molar-refractivity contribution in [1.29, 1.82) is 0 Å². The molecule has 1 atom stereocenters. The minimum atomic E-state index is -4.51. The van der Waals surface area contributed by atoms with Gasteiger partial charge in [-0.25, -0.2) is 0 Å². The molecule has 0 heterocycles. The van der Waals surface area contributed by atoms with Crippen molar-refractivity contribution in [3.05, 3.63) is 35.4 Å². The zero-order chi connectivity index (χ0) is 13.3. The van der Waals surface area contributed by atoms with E-state index < -0.39 is 30.4 Å². The average molecular weight is 294 g/mol. The monoisotopic (exact) mass is 293 g/mol. The van der Waals surface area contributed by atoms with Crippen LogP contribution in [-0.4, -0.2) is 6.18 Å². The third kappa shape index (κ3) is 5.14. The molecule has 1 aromatic carbocycles. The van der Waals surface area contributed by atoms with E-state index in [2.05, 4.69) is 0 Å². The highest BCUT2D eigenvalue weighted by molar-refractivity contribution is 5.85. The van der Waals surface area contributed by atoms with Crippen LogP contribution in [0, 0.1) is 0 Å². The maximum absolute atomic E-state index is 12.2. The van der Waals surface area contributed by atoms with E-state index in [4.69, 9.17) is 5.73 Å². The van der Waals surface area contributed by atoms with Crippen molar-refractivity contribution >= 4 is 12.4 Å². The van der Waals surface area contributed by atoms with Gasteiger partial charge in [-0.1, -0.05) is 12.1 Å². The first-order valence-corrected chi connectivity index (χ1v) is 4.59. The molecule has 0 bridgehead atoms. The molecule has 2 N–H and O–H groups in total. The smallest absolute Gasteiger partial charge is 0.324 e. The van der Waals surface area contributed by atoms with Crippen molar-refractivity contribution in [1.82, 2.24) is 0 Å². The first-order valence-electron chi connectivity index (χ1n) is 4.59. The maximum Gasteiger partial charge on any atom is 0.416 e. The Morgan fingerprint density at radius 2 is 1.39 bits per heavy atom. The van der Waals surface area contributed by atoms with Gasteiger partial charge >= 0.3 is 12.4 Å². The highest BCUT2D eigenvalue weighted by Gasteiger charge is 2.32. The third-order valence-corrected chi connectivity index (χ3v) is 2.12. The van der Waals surface area contributed by atoms with E-state index in [9.17, 15) is 26.3 Å². The van der Waals surface area contributed by atoms with Crippen molar-refractivity contribution < 1.29 is 26.3 Å². The fraction of sp³-hybridized carbons (Fsp3) is 0.400. The van der Waals surface area contributed by atoms with E-state index in [0.29, 0.717) is 12.1 Å². The van der Waals surface area contributed by atoms with Gasteiger partial charge in [-0.15, -0.1) is 12.4 Å². The van der Waals surface area contributed by atoms with Crippen LogP contribution in [0.2, 0.25) is 0 Å². The topological polar surface area (TPSA) is 26.0 Å². The molecule has 0 radical (unpaired) electrons. The van der Waals surface area contributed by atoms with Gasteiger partial charge in [-0.3, -0.25) is 0 Å². The Kier molecular flexibility index (Phi) is 5.49. The van der Waals surface area contributed by atoms with Gasteiger partial charge in [0.15, 0.2) is 0 Å². The number of benzene rings is 1. The molecule has 0 unspecified atom stereocenters. The molecule has 0 saturated heterocycles. The lowest BCUT2D eigenvalue weighted by atomic mass is 10.0. The summed E-state index contributed by atoms with van der Waals surface area (Å²) < 4.78 is 72.5. The molecule has 0 aromatic heterocycles. The second-order valence-electron chi connectivity index (χ2n) is 3.55. The van der Waals surface area contributed by atoms with Crippen molar-refractivity contribution in [2.75, 3.05) is 0 Å². The van der Waals surface area contributed by atoms with Gasteiger partial charge in [0, 0.05) is 6.04 Å². The Morgan fingerprint density at radius 3 is 1.72 bits per heavy atom. The van der Waals surface area contributed by atoms with Crippen LogP contribution in [0.5, 0.6) is 0 Å². The second kappa shape index (κ2) is 5.79. The van der Waals surface area contributed by atoms with Gasteiger partial charge in [0.05, 0.1) is 12.0 Å². The molecular formula is C10H10ClF6N. The van der Waals surface area contributed by atoms with Crippen LogP contribution in [0.4, 0.5) is 26.3 Å². The summed E-state index contributed by atoms with van der Waals surface area (Å²) in [6.07, 6.45) is -10.2. The predicted octanol–water partition coefficient (Wildman–Crippen LogP) is 4.08. The summed E-state index contributed by atoms with van der Waals surface area (Å²) >= 11 is 0. The minimum absolute atomic E-state index is 0. The van der Waals surface area contributed by atoms with E-state index in [1.54, 1.807) is 0 Å². The Hall–Kier alpha value is -0.950. The highest BCUT2D eigenvalue weighted by Crippen LogP contribution is 2.31. The summed E-state index contributed by atoms with van der Waals surface area (Å²) in [5, 5.41) is 0. The van der Waals surface area contributed by atoms with Crippen LogP contribution >= 0.6 is 12.4 Å². The van der Waals surface area contributed by atoms with Crippen molar-refractivity contribution in [3.63, 3.8) is 0 Å². The molecule has 0 aliphatic rings. The molecule has 18 heavy (non-hydrogen) atoms. The lowest BCUT2D eigenvalue weighted by Gasteiger charge is -2.15. The van der Waals surface area contributed by atoms with Crippen molar-refractivity contribution in [3.8, 4) is 0 Å². The molecule has 1 aromatic rings. The first-order chi connectivity index (χ1) is 7.59. The standard InChI is InChI=1S/C10H9F6N.ClH/c11-9(12,13)5-8(17)6-1-3-7(4-2-6)10(14,15)16;/h1-4,8H,5,17H2;1H/t8-;/m0./s1. The van der Waals surface area contributed by atoms with Gasteiger partial charge in [0.2, 0.25) is 0 Å². The number of hydrogen-bond donors (Lipinski definition) is 1. The fourth-order valence-corrected chi connectivity index (χ4v) is 1.29. The molecule has 1 rings (SSSR count). The molecule has 8 heteroatoms. The van der Waals surface area contributed by atoms with E-state index >= 15 is 0 Å². The summed E-state index contributed by atoms with van der Waals surface area (Å²) in [7, 11) is 0. The van der Waals surface area contributed by atoms with E-state index in [1.807, 2.05) is 0 Å². The fourth-order valence-electron chi connectivity index (χ4n) is 1.29. The lowest BCUT2D eigenvalue weighted by molar-refractivity contribution is -0.139. The Bertz CT molecular complexity index is 369. The second-order valence-corrected chi connectivity index (χ2v) is 3.55. The number of alkyl halides is 6. The number of nitrogens with two attached hydrogens (primary N) is 1. The van der Waals surface area contributed by atoms with Gasteiger partial charge in [-0.2, -0.15) is 26.3 Å². The Labute approximate surface area is 105 Å². The molecule has 0 aliphatic heterocycles. The van der Waals surface area contributed by atoms with Gasteiger partial charge in [0.1, 0.15) is 0 Å². The Balaban J connectivity index is 0.00000289. The van der Waals surface area contributed by atoms with E-state index in [-0.39, 0.29) is 18.0 Å². The zero-order valence-corrected chi connectivity index (χ0v) is 9.66. The van der Waals surface area contributed by atoms with Gasteiger partial charge in [0.25, 0.3) is 0 Å². The average Bonchev–Trinajstić information content (AvgIpc) is 2.14. The predicted molar refractivity (Wildman–Crippen MR) is 56.3 cm³/mol. The minimum Gasteiger partial charge on any atom is -0.324 e. The van der Waals surface area contributed by atoms with Crippen LogP contribution in [0.15, 0.2) is 24.3 Å². The van der Waals surface area contributed by atoms with Crippen molar-refractivity contribution in [2.45, 2.75) is 24.8 Å². The van der Waals surface area contributed by atoms with Crippen LogP contribution < -0.4 is 5.73 Å². The van der Waals surface area contributed by atoms with Gasteiger partial charge in [-0.05, 0) is 17.7 Å². The summed E-state index contributed by atoms with van der Waals surface area (Å²) in [5.41, 5.74) is 4.35. The van der Waals surface area contributed by atoms with Crippen LogP contribution in [-0.2, 0) is 6.18 Å². The molecule has 0 spiro atoms. The van der Waals surface area contributed by atoms with Crippen molar-refractivity contribution in [2.24, 2.45) is 5.73 Å². The molecule has 0 amide bonds. The number of halogens is 7. The van der Waals surface area contributed by atoms with Crippen LogP contribution in [0.1, 0.15) is 23.6 Å². The lowest BCUT2D eigenvalue weighted by Crippen LogP contribution is -2.20. The van der Waals surface area contributed by atoms with E-state index in [0.717, 1.165) is 12.1 Å². The number of rotatable bonds is 2. The van der Waals surface area contributed by atoms with Gasteiger partial charge < -0.3 is 5.73 Å². The maximum atomic E-state index is 12.2. The third-order valence-electron chi connectivity index (χ3n) is 2.12.